The first-order chi connectivity index (χ1) is 25.7. The Morgan fingerprint density at radius 2 is 1.77 bits per heavy atom. The number of benzene rings is 1. The highest BCUT2D eigenvalue weighted by Gasteiger charge is 2.62. The van der Waals surface area contributed by atoms with E-state index in [2.05, 4.69) is 29.2 Å². The number of carbonyl (C=O) groups excluding carboxylic acids is 3. The number of nitrogens with one attached hydrogen (secondary N) is 2. The Morgan fingerprint density at radius 1 is 1.00 bits per heavy atom. The molecule has 0 saturated heterocycles. The van der Waals surface area contributed by atoms with Gasteiger partial charge in [-0.1, -0.05) is 37.8 Å². The Balaban J connectivity index is 1.28. The Morgan fingerprint density at radius 3 is 2.47 bits per heavy atom. The van der Waals surface area contributed by atoms with Gasteiger partial charge in [-0.15, -0.1) is 24.5 Å². The summed E-state index contributed by atoms with van der Waals surface area (Å²) in [6, 6.07) is 5.80. The number of esters is 1. The highest BCUT2D eigenvalue weighted by Crippen LogP contribution is 2.47. The molecule has 5 unspecified atom stereocenters. The van der Waals surface area contributed by atoms with Crippen molar-refractivity contribution in [2.45, 2.75) is 108 Å². The van der Waals surface area contributed by atoms with Crippen LogP contribution in [0, 0.1) is 24.7 Å². The lowest BCUT2D eigenvalue weighted by Gasteiger charge is -2.23. The van der Waals surface area contributed by atoms with E-state index >= 15 is 0 Å². The highest BCUT2D eigenvalue weighted by molar-refractivity contribution is 7.10. The van der Waals surface area contributed by atoms with Crippen LogP contribution >= 0.6 is 11.3 Å². The molecular weight excluding hydrogens is 689 g/mol. The Kier molecular flexibility index (Phi) is 12.5. The fourth-order valence-corrected chi connectivity index (χ4v) is 9.11. The van der Waals surface area contributed by atoms with Crippen molar-refractivity contribution in [3.05, 3.63) is 59.5 Å². The number of hydrogen-bond donors (Lipinski definition) is 2. The van der Waals surface area contributed by atoms with Crippen LogP contribution in [0.15, 0.2) is 48.9 Å². The summed E-state index contributed by atoms with van der Waals surface area (Å²) in [5, 5.41) is 10.1. The maximum Gasteiger partial charge on any atom is 0.332 e. The zero-order valence-electron chi connectivity index (χ0n) is 31.4. The number of amides is 2. The number of aryl methyl sites for hydroxylation is 1. The molecule has 5 atom stereocenters. The lowest BCUT2D eigenvalue weighted by Crippen LogP contribution is -2.50. The van der Waals surface area contributed by atoms with E-state index < -0.39 is 29.4 Å². The number of fused-ring (bicyclic) bond motifs is 1. The van der Waals surface area contributed by atoms with E-state index in [4.69, 9.17) is 24.2 Å². The molecule has 0 bridgehead atoms. The standard InChI is InChI=1S/C42H54N4O6S/c1-6-9-10-11-15-20-43-38(47)31-21-29(22-32(31)39(48)46-42(24-28(42)7-2)41(49)51-8-3)52-36-23-33(44-37-26(4)35(50-5)19-18-30(36)37)34-25-53-40(45-34)27-16-13-12-14-17-27/h6-7,18-19,23,25,27-29,31-32H,1-2,8-17,20-22,24H2,3-5H3,(H,43,47)(H,46,48). The van der Waals surface area contributed by atoms with Crippen molar-refractivity contribution in [1.82, 2.24) is 20.6 Å². The molecule has 0 aliphatic heterocycles. The average Bonchev–Trinajstić information content (AvgIpc) is 3.45. The van der Waals surface area contributed by atoms with Gasteiger partial charge in [0.25, 0.3) is 0 Å². The molecule has 2 heterocycles. The monoisotopic (exact) mass is 742 g/mol. The molecule has 2 aromatic heterocycles. The van der Waals surface area contributed by atoms with Gasteiger partial charge in [-0.2, -0.15) is 0 Å². The number of unbranched alkanes of at least 4 members (excludes halogenated alkanes) is 3. The van der Waals surface area contributed by atoms with Gasteiger partial charge in [-0.25, -0.2) is 14.8 Å². The van der Waals surface area contributed by atoms with Gasteiger partial charge in [0, 0.05) is 40.8 Å². The summed E-state index contributed by atoms with van der Waals surface area (Å²) >= 11 is 1.69. The normalized spacial score (nSPS) is 24.0. The van der Waals surface area contributed by atoms with Crippen molar-refractivity contribution in [3.8, 4) is 22.9 Å². The lowest BCUT2D eigenvalue weighted by molar-refractivity contribution is -0.150. The van der Waals surface area contributed by atoms with E-state index in [1.807, 2.05) is 31.2 Å². The molecule has 10 nitrogen and oxygen atoms in total. The van der Waals surface area contributed by atoms with E-state index in [-0.39, 0.29) is 24.3 Å². The Labute approximate surface area is 317 Å². The number of aromatic nitrogens is 2. The van der Waals surface area contributed by atoms with E-state index in [1.54, 1.807) is 31.4 Å². The van der Waals surface area contributed by atoms with Gasteiger partial charge in [0.05, 0.1) is 47.5 Å². The number of allylic oxidation sites excluding steroid dienone is 1. The molecule has 11 heteroatoms. The summed E-state index contributed by atoms with van der Waals surface area (Å²) in [4.78, 5) is 51.1. The molecule has 0 spiro atoms. The first kappa shape index (κ1) is 38.5. The van der Waals surface area contributed by atoms with Crippen LogP contribution in [0.1, 0.15) is 100 Å². The summed E-state index contributed by atoms with van der Waals surface area (Å²) in [5.74, 6) is -0.749. The smallest absolute Gasteiger partial charge is 0.332 e. The second-order valence-electron chi connectivity index (χ2n) is 14.8. The minimum atomic E-state index is -1.16. The topological polar surface area (TPSA) is 129 Å². The average molecular weight is 743 g/mol. The zero-order chi connectivity index (χ0) is 37.5. The molecular formula is C42H54N4O6S. The maximum atomic E-state index is 14.1. The van der Waals surface area contributed by atoms with Gasteiger partial charge in [-0.3, -0.25) is 9.59 Å². The predicted octanol–water partition coefficient (Wildman–Crippen LogP) is 7.98. The van der Waals surface area contributed by atoms with Crippen molar-refractivity contribution in [2.75, 3.05) is 20.3 Å². The SMILES string of the molecule is C=CCCCCCNC(=O)C1CC(Oc2cc(-c3csc(C4CCCCC4)n3)nc3c(C)c(OC)ccc23)CC1C(=O)NC1(C(=O)OCC)CC1C=C. The first-order valence-corrected chi connectivity index (χ1v) is 20.2. The van der Waals surface area contributed by atoms with Crippen molar-refractivity contribution < 1.29 is 28.6 Å². The van der Waals surface area contributed by atoms with E-state index in [9.17, 15) is 14.4 Å². The highest BCUT2D eigenvalue weighted by atomic mass is 32.1. The second kappa shape index (κ2) is 17.3. The zero-order valence-corrected chi connectivity index (χ0v) is 32.2. The Bertz CT molecular complexity index is 1820. The van der Waals surface area contributed by atoms with Crippen LogP contribution in [-0.4, -0.2) is 59.7 Å². The van der Waals surface area contributed by atoms with Crippen LogP contribution in [0.25, 0.3) is 22.3 Å². The van der Waals surface area contributed by atoms with Gasteiger partial charge in [-0.05, 0) is 77.3 Å². The summed E-state index contributed by atoms with van der Waals surface area (Å²) < 4.78 is 17.8. The summed E-state index contributed by atoms with van der Waals surface area (Å²) in [7, 11) is 1.65. The number of pyridine rings is 1. The molecule has 53 heavy (non-hydrogen) atoms. The molecule has 3 aliphatic rings. The molecule has 6 rings (SSSR count). The van der Waals surface area contributed by atoms with Gasteiger partial charge in [0.15, 0.2) is 0 Å². The van der Waals surface area contributed by atoms with Crippen molar-refractivity contribution in [1.29, 1.82) is 0 Å². The number of nitrogens with zero attached hydrogens (tertiary/aromatic N) is 2. The summed E-state index contributed by atoms with van der Waals surface area (Å²) in [6.45, 7) is 12.1. The predicted molar refractivity (Wildman–Crippen MR) is 208 cm³/mol. The quantitative estimate of drug-likeness (QED) is 0.0810. The fourth-order valence-electron chi connectivity index (χ4n) is 8.13. The van der Waals surface area contributed by atoms with Crippen molar-refractivity contribution in [3.63, 3.8) is 0 Å². The molecule has 3 fully saturated rings. The fraction of sp³-hybridized carbons (Fsp3) is 0.548. The number of methoxy groups -OCH3 is 1. The number of rotatable bonds is 17. The van der Waals surface area contributed by atoms with Crippen molar-refractivity contribution in [2.24, 2.45) is 17.8 Å². The van der Waals surface area contributed by atoms with Crippen LogP contribution in [0.2, 0.25) is 0 Å². The lowest BCUT2D eigenvalue weighted by atomic mass is 9.90. The largest absolute Gasteiger partial charge is 0.496 e. The van der Waals surface area contributed by atoms with Crippen LogP contribution in [0.4, 0.5) is 0 Å². The number of carbonyl (C=O) groups is 3. The maximum absolute atomic E-state index is 14.1. The third-order valence-electron chi connectivity index (χ3n) is 11.3. The van der Waals surface area contributed by atoms with Crippen LogP contribution < -0.4 is 20.1 Å². The van der Waals surface area contributed by atoms with E-state index in [0.717, 1.165) is 58.6 Å². The van der Waals surface area contributed by atoms with Crippen LogP contribution in [-0.2, 0) is 19.1 Å². The molecule has 3 aromatic rings. The first-order valence-electron chi connectivity index (χ1n) is 19.3. The Hall–Kier alpha value is -4.25. The molecule has 1 aromatic carbocycles. The van der Waals surface area contributed by atoms with Gasteiger partial charge < -0.3 is 24.8 Å². The second-order valence-corrected chi connectivity index (χ2v) is 15.7. The van der Waals surface area contributed by atoms with E-state index in [1.165, 1.54) is 32.1 Å². The summed E-state index contributed by atoms with van der Waals surface area (Å²) in [5.41, 5.74) is 2.00. The summed E-state index contributed by atoms with van der Waals surface area (Å²) in [6.07, 6.45) is 14.0. The van der Waals surface area contributed by atoms with Gasteiger partial charge >= 0.3 is 5.97 Å². The molecule has 3 aliphatic carbocycles. The minimum Gasteiger partial charge on any atom is -0.496 e. The molecule has 2 N–H and O–H groups in total. The number of hydrogen-bond acceptors (Lipinski definition) is 9. The molecule has 284 valence electrons. The van der Waals surface area contributed by atoms with Gasteiger partial charge in [0.1, 0.15) is 23.1 Å². The third kappa shape index (κ3) is 8.45. The van der Waals surface area contributed by atoms with E-state index in [0.29, 0.717) is 43.2 Å². The van der Waals surface area contributed by atoms with Crippen LogP contribution in [0.5, 0.6) is 11.5 Å². The minimum absolute atomic E-state index is 0.181. The third-order valence-corrected chi connectivity index (χ3v) is 12.3. The molecule has 3 saturated carbocycles. The number of ether oxygens (including phenoxy) is 3. The van der Waals surface area contributed by atoms with Crippen LogP contribution in [0.3, 0.4) is 0 Å². The van der Waals surface area contributed by atoms with Crippen molar-refractivity contribution >= 4 is 40.0 Å². The molecule has 0 radical (unpaired) electrons. The van der Waals surface area contributed by atoms with Gasteiger partial charge in [0.2, 0.25) is 11.8 Å². The number of thiazole rings is 1. The molecule has 2 amide bonds.